The van der Waals surface area contributed by atoms with Gasteiger partial charge in [0.2, 0.25) is 11.5 Å². The summed E-state index contributed by atoms with van der Waals surface area (Å²) in [6.07, 6.45) is 0.849. The molecule has 0 radical (unpaired) electrons. The number of aliphatic hydroxyl groups is 1. The topological polar surface area (TPSA) is 98.7 Å². The van der Waals surface area contributed by atoms with Gasteiger partial charge in [0.15, 0.2) is 0 Å². The summed E-state index contributed by atoms with van der Waals surface area (Å²) in [5.74, 6) is -2.23. The Labute approximate surface area is 176 Å². The number of carbonyl (C=O) groups excluding carboxylic acids is 3. The normalized spacial score (nSPS) is 20.7. The summed E-state index contributed by atoms with van der Waals surface area (Å²) in [7, 11) is 0. The fourth-order valence-corrected chi connectivity index (χ4v) is 3.80. The number of benzene rings is 2. The monoisotopic (exact) mass is 431 g/mol. The molecule has 0 saturated carbocycles. The van der Waals surface area contributed by atoms with Crippen LogP contribution < -0.4 is 15.5 Å². The van der Waals surface area contributed by atoms with Crippen molar-refractivity contribution in [2.45, 2.75) is 31.4 Å². The molecule has 1 unspecified atom stereocenters. The van der Waals surface area contributed by atoms with Gasteiger partial charge in [-0.15, -0.1) is 0 Å². The molecule has 7 nitrogen and oxygen atoms in total. The first-order valence-corrected chi connectivity index (χ1v) is 9.85. The molecule has 2 aromatic rings. The summed E-state index contributed by atoms with van der Waals surface area (Å²) >= 11 is 5.64. The average Bonchev–Trinajstić information content (AvgIpc) is 3.04. The lowest BCUT2D eigenvalue weighted by Crippen LogP contribution is -2.52. The lowest BCUT2D eigenvalue weighted by molar-refractivity contribution is -0.149. The smallest absolute Gasteiger partial charge is 0.268 e. The largest absolute Gasteiger partial charge is 0.372 e. The van der Waals surface area contributed by atoms with Crippen LogP contribution in [0.4, 0.5) is 15.8 Å². The zero-order chi connectivity index (χ0) is 21.5. The van der Waals surface area contributed by atoms with Gasteiger partial charge in [-0.3, -0.25) is 14.4 Å². The molecule has 2 aromatic carbocycles. The average molecular weight is 432 g/mol. The van der Waals surface area contributed by atoms with Gasteiger partial charge >= 0.3 is 0 Å². The minimum absolute atomic E-state index is 0.0325. The van der Waals surface area contributed by atoms with E-state index in [-0.39, 0.29) is 30.4 Å². The van der Waals surface area contributed by atoms with Crippen molar-refractivity contribution in [3.05, 3.63) is 58.4 Å². The fraction of sp³-hybridized carbons (Fsp3) is 0.286. The van der Waals surface area contributed by atoms with Gasteiger partial charge in [-0.2, -0.15) is 0 Å². The second kappa shape index (κ2) is 7.70. The number of fused-ring (bicyclic) bond motifs is 1. The molecule has 0 spiro atoms. The van der Waals surface area contributed by atoms with Crippen molar-refractivity contribution in [1.82, 2.24) is 5.32 Å². The molecule has 1 fully saturated rings. The highest BCUT2D eigenvalue weighted by atomic mass is 35.5. The Kier molecular flexibility index (Phi) is 5.21. The van der Waals surface area contributed by atoms with Crippen molar-refractivity contribution in [3.63, 3.8) is 0 Å². The number of hydrogen-bond donors (Lipinski definition) is 3. The van der Waals surface area contributed by atoms with E-state index in [2.05, 4.69) is 10.6 Å². The number of amides is 3. The molecule has 3 N–H and O–H groups in total. The molecular weight excluding hydrogens is 413 g/mol. The van der Waals surface area contributed by atoms with Crippen LogP contribution in [-0.4, -0.2) is 35.0 Å². The molecule has 0 aliphatic carbocycles. The van der Waals surface area contributed by atoms with E-state index in [9.17, 15) is 23.9 Å². The van der Waals surface area contributed by atoms with Crippen molar-refractivity contribution in [1.29, 1.82) is 0 Å². The van der Waals surface area contributed by atoms with Crippen molar-refractivity contribution in [3.8, 4) is 0 Å². The second-order valence-electron chi connectivity index (χ2n) is 7.39. The van der Waals surface area contributed by atoms with Gasteiger partial charge in [0, 0.05) is 37.3 Å². The molecule has 30 heavy (non-hydrogen) atoms. The van der Waals surface area contributed by atoms with E-state index >= 15 is 0 Å². The third-order valence-corrected chi connectivity index (χ3v) is 5.71. The van der Waals surface area contributed by atoms with Crippen molar-refractivity contribution >= 4 is 40.7 Å². The Morgan fingerprint density at radius 2 is 2.03 bits per heavy atom. The molecule has 3 amide bonds. The van der Waals surface area contributed by atoms with Crippen LogP contribution in [0.5, 0.6) is 0 Å². The van der Waals surface area contributed by atoms with Gasteiger partial charge in [0.05, 0.1) is 5.02 Å². The predicted molar refractivity (Wildman–Crippen MR) is 109 cm³/mol. The molecule has 9 heteroatoms. The van der Waals surface area contributed by atoms with Crippen molar-refractivity contribution in [2.24, 2.45) is 0 Å². The second-order valence-corrected chi connectivity index (χ2v) is 7.80. The number of nitrogens with zero attached hydrogens (tertiary/aromatic N) is 1. The highest BCUT2D eigenvalue weighted by molar-refractivity contribution is 6.30. The van der Waals surface area contributed by atoms with Gasteiger partial charge in [-0.05, 0) is 47.9 Å². The number of hydrogen-bond acceptors (Lipinski definition) is 4. The number of anilines is 2. The van der Waals surface area contributed by atoms with Crippen LogP contribution >= 0.6 is 11.6 Å². The summed E-state index contributed by atoms with van der Waals surface area (Å²) in [6.45, 7) is 0.116. The number of carbonyl (C=O) groups is 3. The first-order chi connectivity index (χ1) is 14.3. The maximum absolute atomic E-state index is 13.5. The molecule has 0 aromatic heterocycles. The highest BCUT2D eigenvalue weighted by Gasteiger charge is 2.51. The zero-order valence-corrected chi connectivity index (χ0v) is 16.6. The van der Waals surface area contributed by atoms with Gasteiger partial charge in [-0.1, -0.05) is 17.7 Å². The Hall–Kier alpha value is -2.97. The van der Waals surface area contributed by atoms with Gasteiger partial charge in [0.1, 0.15) is 5.82 Å². The zero-order valence-electron chi connectivity index (χ0n) is 15.9. The summed E-state index contributed by atoms with van der Waals surface area (Å²) in [6, 6.07) is 9.26. The summed E-state index contributed by atoms with van der Waals surface area (Å²) in [5, 5.41) is 16.0. The lowest BCUT2D eigenvalue weighted by Gasteiger charge is -2.24. The standard InChI is InChI=1S/C21H19ClFN3O4/c22-15-4-1-12(9-16(15)23)11-24-19(28)21(30)7-8-26(20(21)29)14-3-5-17-13(10-14)2-6-18(27)25-17/h1,3-5,9-10,30H,2,6-8,11H2,(H,24,28)(H,25,27). The van der Waals surface area contributed by atoms with E-state index in [1.165, 1.54) is 17.0 Å². The van der Waals surface area contributed by atoms with E-state index in [1.54, 1.807) is 24.3 Å². The molecule has 1 atom stereocenters. The number of aryl methyl sites for hydroxylation is 1. The Morgan fingerprint density at radius 3 is 2.80 bits per heavy atom. The van der Waals surface area contributed by atoms with Crippen molar-refractivity contribution in [2.75, 3.05) is 16.8 Å². The SMILES string of the molecule is O=C1CCc2cc(N3CCC(O)(C(=O)NCc4ccc(Cl)c(F)c4)C3=O)ccc2N1. The van der Waals surface area contributed by atoms with Crippen LogP contribution in [0.2, 0.25) is 5.02 Å². The Bertz CT molecular complexity index is 1060. The van der Waals surface area contributed by atoms with Crippen LogP contribution in [0.1, 0.15) is 24.0 Å². The first-order valence-electron chi connectivity index (χ1n) is 9.47. The molecule has 156 valence electrons. The fourth-order valence-electron chi connectivity index (χ4n) is 3.68. The van der Waals surface area contributed by atoms with Crippen LogP contribution in [0, 0.1) is 5.82 Å². The third-order valence-electron chi connectivity index (χ3n) is 5.40. The van der Waals surface area contributed by atoms with Gasteiger partial charge in [0.25, 0.3) is 11.8 Å². The predicted octanol–water partition coefficient (Wildman–Crippen LogP) is 2.15. The van der Waals surface area contributed by atoms with Crippen LogP contribution in [0.3, 0.4) is 0 Å². The van der Waals surface area contributed by atoms with E-state index in [0.717, 1.165) is 5.56 Å². The molecule has 2 heterocycles. The molecule has 4 rings (SSSR count). The number of nitrogens with one attached hydrogen (secondary N) is 2. The molecular formula is C21H19ClFN3O4. The quantitative estimate of drug-likeness (QED) is 0.646. The minimum Gasteiger partial charge on any atom is -0.372 e. The highest BCUT2D eigenvalue weighted by Crippen LogP contribution is 2.33. The van der Waals surface area contributed by atoms with E-state index in [4.69, 9.17) is 11.6 Å². The van der Waals surface area contributed by atoms with Gasteiger partial charge < -0.3 is 20.6 Å². The molecule has 2 aliphatic rings. The van der Waals surface area contributed by atoms with Crippen LogP contribution in [0.25, 0.3) is 0 Å². The molecule has 2 aliphatic heterocycles. The third kappa shape index (κ3) is 3.64. The number of rotatable bonds is 4. The first kappa shape index (κ1) is 20.3. The summed E-state index contributed by atoms with van der Waals surface area (Å²) in [5.41, 5.74) is 0.399. The van der Waals surface area contributed by atoms with E-state index in [1.807, 2.05) is 0 Å². The lowest BCUT2D eigenvalue weighted by atomic mass is 10.0. The maximum atomic E-state index is 13.5. The summed E-state index contributed by atoms with van der Waals surface area (Å²) in [4.78, 5) is 38.3. The van der Waals surface area contributed by atoms with E-state index in [0.29, 0.717) is 29.8 Å². The Balaban J connectivity index is 1.46. The van der Waals surface area contributed by atoms with Crippen molar-refractivity contribution < 1.29 is 23.9 Å². The van der Waals surface area contributed by atoms with Crippen LogP contribution in [-0.2, 0) is 27.3 Å². The van der Waals surface area contributed by atoms with Crippen LogP contribution in [0.15, 0.2) is 36.4 Å². The number of halogens is 2. The Morgan fingerprint density at radius 1 is 1.23 bits per heavy atom. The summed E-state index contributed by atoms with van der Waals surface area (Å²) < 4.78 is 13.5. The maximum Gasteiger partial charge on any atom is 0.268 e. The minimum atomic E-state index is -2.20. The molecule has 0 bridgehead atoms. The van der Waals surface area contributed by atoms with E-state index < -0.39 is 23.2 Å². The van der Waals surface area contributed by atoms with Gasteiger partial charge in [-0.25, -0.2) is 4.39 Å². The molecule has 1 saturated heterocycles.